The van der Waals surface area contributed by atoms with Crippen molar-refractivity contribution in [1.29, 1.82) is 0 Å². The lowest BCUT2D eigenvalue weighted by molar-refractivity contribution is -0.175. The van der Waals surface area contributed by atoms with Gasteiger partial charge in [0, 0.05) is 4.88 Å². The Balaban J connectivity index is 2.48. The van der Waals surface area contributed by atoms with Gasteiger partial charge >= 0.3 is 6.18 Å². The fourth-order valence-electron chi connectivity index (χ4n) is 1.38. The van der Waals surface area contributed by atoms with Gasteiger partial charge in [-0.2, -0.15) is 13.2 Å². The summed E-state index contributed by atoms with van der Waals surface area (Å²) in [6, 6.07) is 1.71. The van der Waals surface area contributed by atoms with Crippen molar-refractivity contribution < 1.29 is 17.9 Å². The summed E-state index contributed by atoms with van der Waals surface area (Å²) >= 11 is 1.57. The number of halogens is 3. The van der Waals surface area contributed by atoms with Gasteiger partial charge < -0.3 is 10.1 Å². The summed E-state index contributed by atoms with van der Waals surface area (Å²) in [5.41, 5.74) is 0.995. The lowest BCUT2D eigenvalue weighted by atomic mass is 10.1. The number of ether oxygens (including phenoxy) is 1. The third-order valence-electron chi connectivity index (χ3n) is 2.17. The lowest BCUT2D eigenvalue weighted by Gasteiger charge is -2.17. The Hall–Kier alpha value is -0.590. The summed E-state index contributed by atoms with van der Waals surface area (Å²) in [6.07, 6.45) is -4.26. The van der Waals surface area contributed by atoms with Crippen LogP contribution in [0.4, 0.5) is 13.2 Å². The number of rotatable bonds is 5. The first kappa shape index (κ1) is 13.5. The zero-order valence-electron chi connectivity index (χ0n) is 9.10. The second-order valence-corrected chi connectivity index (χ2v) is 4.52. The molecule has 1 aromatic rings. The third kappa shape index (κ3) is 4.11. The average molecular weight is 253 g/mol. The first-order chi connectivity index (χ1) is 7.44. The minimum Gasteiger partial charge on any atom is -0.370 e. The highest BCUT2D eigenvalue weighted by atomic mass is 32.1. The van der Waals surface area contributed by atoms with E-state index in [0.29, 0.717) is 0 Å². The number of thiophene rings is 1. The largest absolute Gasteiger partial charge is 0.411 e. The van der Waals surface area contributed by atoms with Crippen molar-refractivity contribution in [2.24, 2.45) is 0 Å². The number of hydrogen-bond donors (Lipinski definition) is 1. The van der Waals surface area contributed by atoms with Gasteiger partial charge in [-0.15, -0.1) is 11.3 Å². The first-order valence-corrected chi connectivity index (χ1v) is 5.67. The van der Waals surface area contributed by atoms with E-state index in [2.05, 4.69) is 10.1 Å². The number of hydrogen-bond acceptors (Lipinski definition) is 3. The van der Waals surface area contributed by atoms with Crippen LogP contribution in [-0.2, 0) is 4.74 Å². The molecule has 0 aliphatic heterocycles. The Labute approximate surface area is 96.4 Å². The third-order valence-corrected chi connectivity index (χ3v) is 3.03. The van der Waals surface area contributed by atoms with Gasteiger partial charge in [0.1, 0.15) is 6.61 Å². The molecule has 0 aromatic carbocycles. The van der Waals surface area contributed by atoms with Crippen LogP contribution in [0.2, 0.25) is 0 Å². The summed E-state index contributed by atoms with van der Waals surface area (Å²) in [5.74, 6) is 0. The molecule has 0 spiro atoms. The molecule has 1 rings (SSSR count). The molecule has 0 amide bonds. The topological polar surface area (TPSA) is 21.3 Å². The molecule has 0 aliphatic carbocycles. The van der Waals surface area contributed by atoms with Crippen LogP contribution in [0.1, 0.15) is 16.5 Å². The summed E-state index contributed by atoms with van der Waals surface area (Å²) in [7, 11) is 1.71. The Morgan fingerprint density at radius 1 is 1.50 bits per heavy atom. The van der Waals surface area contributed by atoms with E-state index in [1.165, 1.54) is 0 Å². The van der Waals surface area contributed by atoms with Crippen molar-refractivity contribution in [2.45, 2.75) is 19.1 Å². The Morgan fingerprint density at radius 3 is 2.62 bits per heavy atom. The Bertz CT molecular complexity index is 324. The predicted molar refractivity (Wildman–Crippen MR) is 57.7 cm³/mol. The van der Waals surface area contributed by atoms with Crippen LogP contribution in [0.5, 0.6) is 0 Å². The molecular weight excluding hydrogens is 239 g/mol. The monoisotopic (exact) mass is 253 g/mol. The van der Waals surface area contributed by atoms with Crippen molar-refractivity contribution in [3.8, 4) is 0 Å². The summed E-state index contributed by atoms with van der Waals surface area (Å²) in [6.45, 7) is 0.760. The van der Waals surface area contributed by atoms with Gasteiger partial charge in [0.15, 0.2) is 0 Å². The SMILES string of the molecule is CNC(COCC(F)(F)F)c1ccsc1C. The lowest BCUT2D eigenvalue weighted by Crippen LogP contribution is -2.25. The van der Waals surface area contributed by atoms with E-state index in [9.17, 15) is 13.2 Å². The molecule has 0 fully saturated rings. The molecule has 0 bridgehead atoms. The second kappa shape index (κ2) is 5.65. The predicted octanol–water partition coefficient (Wildman–Crippen LogP) is 2.90. The van der Waals surface area contributed by atoms with Crippen LogP contribution in [0.3, 0.4) is 0 Å². The normalized spacial score (nSPS) is 14.1. The van der Waals surface area contributed by atoms with Crippen molar-refractivity contribution >= 4 is 11.3 Å². The highest BCUT2D eigenvalue weighted by Gasteiger charge is 2.28. The minimum absolute atomic E-state index is 0.0214. The molecule has 2 nitrogen and oxygen atoms in total. The molecule has 1 unspecified atom stereocenters. The van der Waals surface area contributed by atoms with Crippen LogP contribution in [-0.4, -0.2) is 26.4 Å². The zero-order chi connectivity index (χ0) is 12.2. The van der Waals surface area contributed by atoms with Crippen LogP contribution in [0.25, 0.3) is 0 Å². The molecule has 92 valence electrons. The molecule has 0 saturated carbocycles. The van der Waals surface area contributed by atoms with Crippen LogP contribution in [0.15, 0.2) is 11.4 Å². The fourth-order valence-corrected chi connectivity index (χ4v) is 2.14. The van der Waals surface area contributed by atoms with Gasteiger partial charge in [-0.25, -0.2) is 0 Å². The molecule has 1 atom stereocenters. The van der Waals surface area contributed by atoms with Crippen molar-refractivity contribution in [3.63, 3.8) is 0 Å². The van der Waals surface area contributed by atoms with E-state index in [0.717, 1.165) is 10.4 Å². The zero-order valence-corrected chi connectivity index (χ0v) is 9.91. The van der Waals surface area contributed by atoms with Crippen molar-refractivity contribution in [2.75, 3.05) is 20.3 Å². The number of alkyl halides is 3. The highest BCUT2D eigenvalue weighted by Crippen LogP contribution is 2.23. The van der Waals surface area contributed by atoms with Gasteiger partial charge in [-0.05, 0) is 31.0 Å². The second-order valence-electron chi connectivity index (χ2n) is 3.40. The molecule has 1 aromatic heterocycles. The Kier molecular flexibility index (Phi) is 4.76. The van der Waals surface area contributed by atoms with Crippen LogP contribution < -0.4 is 5.32 Å². The summed E-state index contributed by atoms with van der Waals surface area (Å²) in [4.78, 5) is 1.09. The molecule has 0 aliphatic rings. The van der Waals surface area contributed by atoms with Gasteiger partial charge in [-0.1, -0.05) is 0 Å². The van der Waals surface area contributed by atoms with Gasteiger partial charge in [0.2, 0.25) is 0 Å². The molecule has 0 saturated heterocycles. The number of aryl methyl sites for hydroxylation is 1. The van der Waals surface area contributed by atoms with Gasteiger partial charge in [-0.3, -0.25) is 0 Å². The molecule has 1 N–H and O–H groups in total. The van der Waals surface area contributed by atoms with Crippen LogP contribution in [0, 0.1) is 6.92 Å². The van der Waals surface area contributed by atoms with E-state index < -0.39 is 12.8 Å². The summed E-state index contributed by atoms with van der Waals surface area (Å²) < 4.78 is 40.3. The van der Waals surface area contributed by atoms with E-state index in [-0.39, 0.29) is 12.6 Å². The minimum atomic E-state index is -4.26. The fraction of sp³-hybridized carbons (Fsp3) is 0.600. The molecule has 6 heteroatoms. The number of likely N-dealkylation sites (N-methyl/N-ethyl adjacent to an activating group) is 1. The van der Waals surface area contributed by atoms with E-state index in [4.69, 9.17) is 0 Å². The maximum Gasteiger partial charge on any atom is 0.411 e. The van der Waals surface area contributed by atoms with E-state index >= 15 is 0 Å². The molecule has 16 heavy (non-hydrogen) atoms. The van der Waals surface area contributed by atoms with E-state index in [1.807, 2.05) is 18.4 Å². The smallest absolute Gasteiger partial charge is 0.370 e. The van der Waals surface area contributed by atoms with E-state index in [1.54, 1.807) is 18.4 Å². The van der Waals surface area contributed by atoms with Crippen molar-refractivity contribution in [3.05, 3.63) is 21.9 Å². The molecule has 1 heterocycles. The van der Waals surface area contributed by atoms with Crippen molar-refractivity contribution in [1.82, 2.24) is 5.32 Å². The maximum atomic E-state index is 11.9. The quantitative estimate of drug-likeness (QED) is 0.871. The number of nitrogens with one attached hydrogen (secondary N) is 1. The first-order valence-electron chi connectivity index (χ1n) is 4.80. The van der Waals surface area contributed by atoms with Gasteiger partial charge in [0.05, 0.1) is 12.6 Å². The molecular formula is C10H14F3NOS. The molecule has 0 radical (unpaired) electrons. The van der Waals surface area contributed by atoms with Gasteiger partial charge in [0.25, 0.3) is 0 Å². The maximum absolute atomic E-state index is 11.9. The summed E-state index contributed by atoms with van der Waals surface area (Å²) in [5, 5.41) is 4.86. The highest BCUT2D eigenvalue weighted by molar-refractivity contribution is 7.10. The average Bonchev–Trinajstić information content (AvgIpc) is 2.58. The van der Waals surface area contributed by atoms with Crippen LogP contribution >= 0.6 is 11.3 Å². The Morgan fingerprint density at radius 2 is 2.19 bits per heavy atom. The standard InChI is InChI=1S/C10H14F3NOS/c1-7-8(3-4-16-7)9(14-2)5-15-6-10(11,12)13/h3-4,9,14H,5-6H2,1-2H3.